The Kier molecular flexibility index (Phi) is 6.01. The summed E-state index contributed by atoms with van der Waals surface area (Å²) in [6.07, 6.45) is 0. The Morgan fingerprint density at radius 1 is 0.242 bits per heavy atom. The Labute approximate surface area is 350 Å². The van der Waals surface area contributed by atoms with Crippen molar-refractivity contribution in [3.63, 3.8) is 0 Å². The minimum absolute atomic E-state index is 0.721. The lowest BCUT2D eigenvalue weighted by Crippen LogP contribution is -2.15. The van der Waals surface area contributed by atoms with Crippen LogP contribution in [0.15, 0.2) is 188 Å². The van der Waals surface area contributed by atoms with E-state index in [4.69, 9.17) is 27.1 Å². The standard InChI is InChI=1S/C54H28N2O6/c1-5-13-43-31(9-1)33-19-17-29(21-47(33)57-43)55-39-11-3-7-15-45(39)59-53-25-37-35-23-50-36(24-49(35)61-51(37)27-41(53)55)38-26-54-42(28-52(38)62-50)56(40-12-4-8-16-46(40)60-54)30-18-20-34-32-10-2-6-14-44(32)58-48(34)22-30/h1-28H. The maximum atomic E-state index is 6.73. The fraction of sp³-hybridized carbons (Fsp3) is 0. The van der Waals surface area contributed by atoms with Crippen molar-refractivity contribution in [1.82, 2.24) is 0 Å². The summed E-state index contributed by atoms with van der Waals surface area (Å²) in [5.74, 6) is 2.96. The van der Waals surface area contributed by atoms with Crippen molar-refractivity contribution in [3.8, 4) is 23.0 Å². The zero-order valence-electron chi connectivity index (χ0n) is 32.5. The van der Waals surface area contributed by atoms with E-state index in [2.05, 4.69) is 107 Å². The first-order valence-electron chi connectivity index (χ1n) is 20.5. The van der Waals surface area contributed by atoms with E-state index in [0.717, 1.165) is 145 Å². The maximum absolute atomic E-state index is 6.73. The van der Waals surface area contributed by atoms with Gasteiger partial charge < -0.3 is 36.9 Å². The number of rotatable bonds is 2. The van der Waals surface area contributed by atoms with Crippen molar-refractivity contribution >= 4 is 122 Å². The molecule has 0 atom stereocenters. The molecule has 9 aromatic carbocycles. The van der Waals surface area contributed by atoms with Crippen LogP contribution in [0.4, 0.5) is 34.1 Å². The van der Waals surface area contributed by atoms with Crippen LogP contribution in [0.2, 0.25) is 0 Å². The Bertz CT molecular complexity index is 3830. The van der Waals surface area contributed by atoms with E-state index < -0.39 is 0 Å². The van der Waals surface area contributed by atoms with Crippen LogP contribution in [0.25, 0.3) is 87.8 Å². The number of hydrogen-bond acceptors (Lipinski definition) is 8. The molecule has 2 aliphatic rings. The monoisotopic (exact) mass is 800 g/mol. The quantitative estimate of drug-likeness (QED) is 0.171. The molecule has 2 aliphatic heterocycles. The summed E-state index contributed by atoms with van der Waals surface area (Å²) >= 11 is 0. The zero-order valence-corrected chi connectivity index (χ0v) is 32.5. The number of ether oxygens (including phenoxy) is 2. The van der Waals surface area contributed by atoms with E-state index in [-0.39, 0.29) is 0 Å². The lowest BCUT2D eigenvalue weighted by molar-refractivity contribution is 0.477. The number of para-hydroxylation sites is 6. The van der Waals surface area contributed by atoms with Crippen molar-refractivity contribution in [2.75, 3.05) is 9.80 Å². The minimum atomic E-state index is 0.721. The molecule has 290 valence electrons. The van der Waals surface area contributed by atoms with Crippen LogP contribution >= 0.6 is 0 Å². The molecule has 0 aliphatic carbocycles. The van der Waals surface area contributed by atoms with E-state index in [1.807, 2.05) is 72.8 Å². The smallest absolute Gasteiger partial charge is 0.152 e. The van der Waals surface area contributed by atoms with Gasteiger partial charge in [0.1, 0.15) is 44.7 Å². The first-order valence-corrected chi connectivity index (χ1v) is 20.5. The Morgan fingerprint density at radius 2 is 0.613 bits per heavy atom. The zero-order chi connectivity index (χ0) is 40.2. The Hall–Kier alpha value is -8.62. The number of furan rings is 4. The highest BCUT2D eigenvalue weighted by molar-refractivity contribution is 6.17. The molecule has 0 amide bonds. The average molecular weight is 801 g/mol. The number of fused-ring (bicyclic) bond motifs is 16. The fourth-order valence-corrected chi connectivity index (χ4v) is 9.80. The summed E-state index contributed by atoms with van der Waals surface area (Å²) in [6.45, 7) is 0. The third-order valence-corrected chi connectivity index (χ3v) is 12.6. The third kappa shape index (κ3) is 4.34. The van der Waals surface area contributed by atoms with Gasteiger partial charge in [0, 0.05) is 67.4 Å². The van der Waals surface area contributed by atoms with Crippen LogP contribution < -0.4 is 19.3 Å². The summed E-state index contributed by atoms with van der Waals surface area (Å²) in [4.78, 5) is 4.43. The van der Waals surface area contributed by atoms with Gasteiger partial charge in [0.25, 0.3) is 0 Å². The minimum Gasteiger partial charge on any atom is -0.456 e. The normalized spacial score (nSPS) is 13.4. The van der Waals surface area contributed by atoms with Gasteiger partial charge in [-0.15, -0.1) is 0 Å². The first-order chi connectivity index (χ1) is 30.7. The van der Waals surface area contributed by atoms with Crippen LogP contribution in [0.1, 0.15) is 0 Å². The highest BCUT2D eigenvalue weighted by Gasteiger charge is 2.31. The average Bonchev–Trinajstić information content (AvgIpc) is 4.06. The lowest BCUT2D eigenvalue weighted by Gasteiger charge is -2.32. The maximum Gasteiger partial charge on any atom is 0.152 e. The van der Waals surface area contributed by atoms with Gasteiger partial charge in [-0.2, -0.15) is 0 Å². The highest BCUT2D eigenvalue weighted by atomic mass is 16.5. The summed E-state index contributed by atoms with van der Waals surface area (Å²) in [6, 6.07) is 57.7. The highest BCUT2D eigenvalue weighted by Crippen LogP contribution is 2.55. The van der Waals surface area contributed by atoms with Crippen molar-refractivity contribution in [2.24, 2.45) is 0 Å². The molecule has 0 radical (unpaired) electrons. The van der Waals surface area contributed by atoms with Crippen molar-refractivity contribution in [1.29, 1.82) is 0 Å². The van der Waals surface area contributed by atoms with Gasteiger partial charge in [-0.05, 0) is 84.9 Å². The molecule has 4 aromatic heterocycles. The van der Waals surface area contributed by atoms with Crippen LogP contribution in [-0.4, -0.2) is 0 Å². The van der Waals surface area contributed by atoms with E-state index in [1.165, 1.54) is 0 Å². The Morgan fingerprint density at radius 3 is 1.11 bits per heavy atom. The molecule has 8 nitrogen and oxygen atoms in total. The number of hydrogen-bond donors (Lipinski definition) is 0. The SMILES string of the molecule is c1ccc2c(c1)Oc1cc3c(cc1N2c1ccc2c(c1)oc1ccccc12)oc1cc2c(cc13)oc1cc3c(cc12)Oc1ccccc1N3c1ccc2c(c1)oc1ccccc12. The van der Waals surface area contributed by atoms with E-state index in [1.54, 1.807) is 0 Å². The molecule has 0 unspecified atom stereocenters. The van der Waals surface area contributed by atoms with Crippen LogP contribution in [0, 0.1) is 0 Å². The first kappa shape index (κ1) is 32.3. The van der Waals surface area contributed by atoms with Gasteiger partial charge in [0.05, 0.1) is 34.1 Å². The van der Waals surface area contributed by atoms with Crippen LogP contribution in [0.3, 0.4) is 0 Å². The van der Waals surface area contributed by atoms with Gasteiger partial charge in [0.2, 0.25) is 0 Å². The second kappa shape index (κ2) is 11.6. The molecule has 0 N–H and O–H groups in total. The van der Waals surface area contributed by atoms with Crippen LogP contribution in [-0.2, 0) is 0 Å². The second-order valence-electron chi connectivity index (χ2n) is 16.0. The fourth-order valence-electron chi connectivity index (χ4n) is 9.80. The van der Waals surface area contributed by atoms with Gasteiger partial charge >= 0.3 is 0 Å². The Balaban J connectivity index is 0.879. The third-order valence-electron chi connectivity index (χ3n) is 12.6. The molecule has 13 aromatic rings. The van der Waals surface area contributed by atoms with Crippen LogP contribution in [0.5, 0.6) is 23.0 Å². The molecular weight excluding hydrogens is 773 g/mol. The van der Waals surface area contributed by atoms with Gasteiger partial charge in [0.15, 0.2) is 23.0 Å². The molecule has 0 spiro atoms. The largest absolute Gasteiger partial charge is 0.456 e. The summed E-state index contributed by atoms with van der Waals surface area (Å²) < 4.78 is 39.4. The summed E-state index contributed by atoms with van der Waals surface area (Å²) in [5.41, 5.74) is 11.8. The molecule has 8 heteroatoms. The molecule has 0 saturated heterocycles. The molecule has 0 bridgehead atoms. The van der Waals surface area contributed by atoms with Crippen molar-refractivity contribution in [3.05, 3.63) is 170 Å². The number of nitrogens with zero attached hydrogens (tertiary/aromatic N) is 2. The van der Waals surface area contributed by atoms with Crippen molar-refractivity contribution in [2.45, 2.75) is 0 Å². The summed E-state index contributed by atoms with van der Waals surface area (Å²) in [7, 11) is 0. The predicted octanol–water partition coefficient (Wildman–Crippen LogP) is 16.4. The predicted molar refractivity (Wildman–Crippen MR) is 245 cm³/mol. The van der Waals surface area contributed by atoms with E-state index >= 15 is 0 Å². The molecule has 62 heavy (non-hydrogen) atoms. The molecule has 15 rings (SSSR count). The lowest BCUT2D eigenvalue weighted by atomic mass is 10.0. The summed E-state index contributed by atoms with van der Waals surface area (Å²) in [5, 5.41) is 8.06. The molecule has 6 heterocycles. The molecule has 0 fully saturated rings. The van der Waals surface area contributed by atoms with E-state index in [9.17, 15) is 0 Å². The van der Waals surface area contributed by atoms with E-state index in [0.29, 0.717) is 0 Å². The van der Waals surface area contributed by atoms with Gasteiger partial charge in [-0.3, -0.25) is 0 Å². The van der Waals surface area contributed by atoms with Gasteiger partial charge in [-0.25, -0.2) is 0 Å². The topological polar surface area (TPSA) is 77.5 Å². The molecule has 0 saturated carbocycles. The number of anilines is 6. The second-order valence-corrected chi connectivity index (χ2v) is 16.0. The van der Waals surface area contributed by atoms with Gasteiger partial charge in [-0.1, -0.05) is 60.7 Å². The molecular formula is C54H28N2O6. The van der Waals surface area contributed by atoms with Crippen molar-refractivity contribution < 1.29 is 27.1 Å². The number of benzene rings is 9.